The van der Waals surface area contributed by atoms with Gasteiger partial charge in [0, 0.05) is 23.1 Å². The Hall–Kier alpha value is -4.07. The van der Waals surface area contributed by atoms with Gasteiger partial charge in [0.1, 0.15) is 17.3 Å². The van der Waals surface area contributed by atoms with Crippen LogP contribution in [0.5, 0.6) is 11.5 Å². The number of anilines is 1. The second-order valence-electron chi connectivity index (χ2n) is 7.91. The average Bonchev–Trinajstić information content (AvgIpc) is 3.15. The maximum absolute atomic E-state index is 13.0. The molecule has 1 aliphatic rings. The Balaban J connectivity index is 1.58. The molecule has 1 aromatic heterocycles. The number of hydrogen-bond acceptors (Lipinski definition) is 6. The number of phenolic OH excluding ortho intramolecular Hbond substituents is 1. The van der Waals surface area contributed by atoms with Gasteiger partial charge >= 0.3 is 0 Å². The number of methoxy groups -OCH3 is 1. The molecule has 8 nitrogen and oxygen atoms in total. The van der Waals surface area contributed by atoms with Crippen LogP contribution in [0.15, 0.2) is 52.0 Å². The molecule has 0 fully saturated rings. The number of hydrazone groups is 1. The van der Waals surface area contributed by atoms with Crippen molar-refractivity contribution >= 4 is 23.2 Å². The Morgan fingerprint density at radius 1 is 1.06 bits per heavy atom. The zero-order valence-electron chi connectivity index (χ0n) is 18.7. The third-order valence-corrected chi connectivity index (χ3v) is 5.56. The largest absolute Gasteiger partial charge is 0.508 e. The van der Waals surface area contributed by atoms with E-state index in [0.29, 0.717) is 46.9 Å². The minimum atomic E-state index is -0.389. The molecule has 0 radical (unpaired) electrons. The van der Waals surface area contributed by atoms with Crippen LogP contribution in [0.3, 0.4) is 0 Å². The summed E-state index contributed by atoms with van der Waals surface area (Å²) in [6.45, 7) is 3.74. The van der Waals surface area contributed by atoms with E-state index in [1.54, 1.807) is 13.2 Å². The van der Waals surface area contributed by atoms with Crippen LogP contribution in [0, 0.1) is 13.8 Å². The molecule has 170 valence electrons. The molecular weight excluding hydrogens is 422 g/mol. The Labute approximate surface area is 191 Å². The van der Waals surface area contributed by atoms with E-state index in [1.807, 2.05) is 26.0 Å². The number of fused-ring (bicyclic) bond motifs is 1. The normalized spacial score (nSPS) is 14.0. The van der Waals surface area contributed by atoms with Crippen LogP contribution in [0.2, 0.25) is 0 Å². The molecule has 0 atom stereocenters. The fraction of sp³-hybridized carbons (Fsp3) is 0.240. The lowest BCUT2D eigenvalue weighted by Crippen LogP contribution is -2.22. The van der Waals surface area contributed by atoms with Crippen LogP contribution >= 0.6 is 0 Å². The second kappa shape index (κ2) is 9.20. The molecule has 2 aromatic carbocycles. The number of nitrogens with one attached hydrogen (secondary N) is 2. The third-order valence-electron chi connectivity index (χ3n) is 5.56. The molecule has 0 unspecified atom stereocenters. The number of hydrogen-bond donors (Lipinski definition) is 3. The summed E-state index contributed by atoms with van der Waals surface area (Å²) in [5.41, 5.74) is 6.59. The van der Waals surface area contributed by atoms with Crippen LogP contribution in [0.1, 0.15) is 56.2 Å². The van der Waals surface area contributed by atoms with E-state index < -0.39 is 0 Å². The fourth-order valence-electron chi connectivity index (χ4n) is 3.89. The predicted molar refractivity (Wildman–Crippen MR) is 124 cm³/mol. The van der Waals surface area contributed by atoms with Gasteiger partial charge in [-0.3, -0.25) is 9.59 Å². The van der Waals surface area contributed by atoms with Gasteiger partial charge in [0.2, 0.25) is 0 Å². The van der Waals surface area contributed by atoms with Crippen LogP contribution in [-0.2, 0) is 6.42 Å². The second-order valence-corrected chi connectivity index (χ2v) is 7.91. The van der Waals surface area contributed by atoms with Crippen LogP contribution in [0.4, 0.5) is 5.69 Å². The van der Waals surface area contributed by atoms with Gasteiger partial charge in [-0.15, -0.1) is 0 Å². The van der Waals surface area contributed by atoms with Crippen molar-refractivity contribution in [1.82, 2.24) is 5.43 Å². The predicted octanol–water partition coefficient (Wildman–Crippen LogP) is 4.33. The van der Waals surface area contributed by atoms with Crippen molar-refractivity contribution in [2.24, 2.45) is 5.10 Å². The number of carbonyl (C=O) groups is 2. The monoisotopic (exact) mass is 447 g/mol. The van der Waals surface area contributed by atoms with Crippen molar-refractivity contribution in [2.75, 3.05) is 12.4 Å². The standard InChI is InChI=1S/C25H25N3O5/c1-14-7-12-20(32-3)19(13-14)26-25(31)23-15(2)22-18(5-4-6-21(22)33-23)27-28-24(30)16-8-10-17(29)11-9-16/h7-13,29H,4-6H2,1-3H3,(H,26,31)(H,28,30)/b27-18+. The van der Waals surface area contributed by atoms with E-state index in [0.717, 1.165) is 17.5 Å². The highest BCUT2D eigenvalue weighted by Gasteiger charge is 2.28. The van der Waals surface area contributed by atoms with Gasteiger partial charge in [0.05, 0.1) is 18.5 Å². The maximum atomic E-state index is 13.0. The van der Waals surface area contributed by atoms with E-state index >= 15 is 0 Å². The highest BCUT2D eigenvalue weighted by molar-refractivity contribution is 6.10. The molecule has 1 aliphatic carbocycles. The SMILES string of the molecule is COc1ccc(C)cc1NC(=O)c1oc2c(c1C)/C(=N/NC(=O)c1ccc(O)cc1)CCC2. The number of aromatic hydroxyl groups is 1. The number of rotatable bonds is 5. The molecule has 1 heterocycles. The molecule has 2 amide bonds. The number of nitrogens with zero attached hydrogens (tertiary/aromatic N) is 1. The first-order chi connectivity index (χ1) is 15.9. The van der Waals surface area contributed by atoms with Crippen molar-refractivity contribution in [3.05, 3.63) is 76.2 Å². The van der Waals surface area contributed by atoms with Gasteiger partial charge in [0.15, 0.2) is 5.76 Å². The third kappa shape index (κ3) is 4.59. The lowest BCUT2D eigenvalue weighted by Gasteiger charge is -2.13. The van der Waals surface area contributed by atoms with Crippen molar-refractivity contribution in [1.29, 1.82) is 0 Å². The van der Waals surface area contributed by atoms with Crippen LogP contribution < -0.4 is 15.5 Å². The summed E-state index contributed by atoms with van der Waals surface area (Å²) in [4.78, 5) is 25.4. The summed E-state index contributed by atoms with van der Waals surface area (Å²) >= 11 is 0. The van der Waals surface area contributed by atoms with E-state index in [4.69, 9.17) is 9.15 Å². The average molecular weight is 447 g/mol. The zero-order valence-corrected chi connectivity index (χ0v) is 18.7. The summed E-state index contributed by atoms with van der Waals surface area (Å²) < 4.78 is 11.3. The Morgan fingerprint density at radius 2 is 1.82 bits per heavy atom. The van der Waals surface area contributed by atoms with Gasteiger partial charge < -0.3 is 19.6 Å². The number of aryl methyl sites for hydroxylation is 2. The summed E-state index contributed by atoms with van der Waals surface area (Å²) in [6, 6.07) is 11.4. The molecule has 8 heteroatoms. The molecule has 0 spiro atoms. The molecule has 33 heavy (non-hydrogen) atoms. The topological polar surface area (TPSA) is 113 Å². The highest BCUT2D eigenvalue weighted by Crippen LogP contribution is 2.31. The first-order valence-corrected chi connectivity index (χ1v) is 10.6. The fourth-order valence-corrected chi connectivity index (χ4v) is 3.89. The summed E-state index contributed by atoms with van der Waals surface area (Å²) in [5, 5.41) is 16.6. The minimum absolute atomic E-state index is 0.0814. The van der Waals surface area contributed by atoms with Gasteiger partial charge in [-0.25, -0.2) is 5.43 Å². The Kier molecular flexibility index (Phi) is 6.17. The van der Waals surface area contributed by atoms with Crippen molar-refractivity contribution in [2.45, 2.75) is 33.1 Å². The first-order valence-electron chi connectivity index (χ1n) is 10.6. The maximum Gasteiger partial charge on any atom is 0.291 e. The molecule has 0 saturated carbocycles. The van der Waals surface area contributed by atoms with Crippen LogP contribution in [-0.4, -0.2) is 29.7 Å². The van der Waals surface area contributed by atoms with Crippen molar-refractivity contribution < 1.29 is 23.8 Å². The lowest BCUT2D eigenvalue weighted by atomic mass is 9.93. The molecule has 4 rings (SSSR count). The Bertz CT molecular complexity index is 1240. The number of ether oxygens (including phenoxy) is 1. The number of carbonyl (C=O) groups excluding carboxylic acids is 2. The highest BCUT2D eigenvalue weighted by atomic mass is 16.5. The van der Waals surface area contributed by atoms with Gasteiger partial charge in [0.25, 0.3) is 11.8 Å². The molecule has 0 bridgehead atoms. The van der Waals surface area contributed by atoms with Crippen molar-refractivity contribution in [3.8, 4) is 11.5 Å². The number of furan rings is 1. The molecule has 0 aliphatic heterocycles. The van der Waals surface area contributed by atoms with Gasteiger partial charge in [-0.1, -0.05) is 6.07 Å². The molecule has 3 aromatic rings. The van der Waals surface area contributed by atoms with E-state index in [2.05, 4.69) is 15.8 Å². The number of benzene rings is 2. The summed E-state index contributed by atoms with van der Waals surface area (Å²) in [7, 11) is 1.55. The minimum Gasteiger partial charge on any atom is -0.508 e. The quantitative estimate of drug-likeness (QED) is 0.504. The van der Waals surface area contributed by atoms with E-state index in [9.17, 15) is 14.7 Å². The molecule has 3 N–H and O–H groups in total. The van der Waals surface area contributed by atoms with Crippen LogP contribution in [0.25, 0.3) is 0 Å². The summed E-state index contributed by atoms with van der Waals surface area (Å²) in [6.07, 6.45) is 2.12. The van der Waals surface area contributed by atoms with E-state index in [-0.39, 0.29) is 23.3 Å². The van der Waals surface area contributed by atoms with E-state index in [1.165, 1.54) is 24.3 Å². The smallest absolute Gasteiger partial charge is 0.291 e. The first kappa shape index (κ1) is 22.1. The van der Waals surface area contributed by atoms with Gasteiger partial charge in [-0.2, -0.15) is 5.10 Å². The van der Waals surface area contributed by atoms with Gasteiger partial charge in [-0.05, 0) is 68.7 Å². The lowest BCUT2D eigenvalue weighted by molar-refractivity contribution is 0.0953. The number of amides is 2. The molecular formula is C25H25N3O5. The van der Waals surface area contributed by atoms with Crippen molar-refractivity contribution in [3.63, 3.8) is 0 Å². The summed E-state index contributed by atoms with van der Waals surface area (Å²) in [5.74, 6) is 0.763. The number of phenols is 1. The molecule has 0 saturated heterocycles. The zero-order chi connectivity index (χ0) is 23.5. The Morgan fingerprint density at radius 3 is 2.55 bits per heavy atom.